The number of halogens is 2. The predicted molar refractivity (Wildman–Crippen MR) is 145 cm³/mol. The van der Waals surface area contributed by atoms with Crippen LogP contribution in [0.25, 0.3) is 6.08 Å². The minimum Gasteiger partial charge on any atom is -0.147 e. The Bertz CT molecular complexity index is 936. The molecular weight excluding hydrogens is 539 g/mol. The molecule has 1 aromatic carbocycles. The van der Waals surface area contributed by atoms with Crippen molar-refractivity contribution in [2.24, 2.45) is 0 Å². The predicted octanol–water partition coefficient (Wildman–Crippen LogP) is 7.25. The van der Waals surface area contributed by atoms with E-state index in [1.807, 2.05) is 0 Å². The van der Waals surface area contributed by atoms with Crippen molar-refractivity contribution in [1.29, 1.82) is 0 Å². The van der Waals surface area contributed by atoms with Gasteiger partial charge in [0.05, 0.1) is 0 Å². The maximum Gasteiger partial charge on any atom is -0.147 e. The van der Waals surface area contributed by atoms with Crippen LogP contribution in [0.1, 0.15) is 21.2 Å². The molecule has 1 unspecified atom stereocenters. The van der Waals surface area contributed by atoms with Gasteiger partial charge in [-0.05, 0) is 0 Å². The van der Waals surface area contributed by atoms with Crippen LogP contribution in [-0.2, 0) is 21.8 Å². The third-order valence-electron chi connectivity index (χ3n) is 6.77. The van der Waals surface area contributed by atoms with Gasteiger partial charge in [-0.1, -0.05) is 0 Å². The molecule has 30 heavy (non-hydrogen) atoms. The molecule has 1 aromatic rings. The summed E-state index contributed by atoms with van der Waals surface area (Å²) in [5.74, 6) is 0. The Kier molecular flexibility index (Phi) is 9.31. The molecule has 0 amide bonds. The fourth-order valence-electron chi connectivity index (χ4n) is 4.58. The van der Waals surface area contributed by atoms with Crippen LogP contribution in [0.15, 0.2) is 51.0 Å². The summed E-state index contributed by atoms with van der Waals surface area (Å²) in [6.45, 7) is 15.3. The molecule has 2 aliphatic carbocycles. The Hall–Kier alpha value is 0.514. The summed E-state index contributed by atoms with van der Waals surface area (Å²) < 4.78 is 14.0. The maximum atomic E-state index is 6.19. The van der Waals surface area contributed by atoms with Crippen LogP contribution < -0.4 is 0 Å². The van der Waals surface area contributed by atoms with Crippen LogP contribution in [0, 0.1) is 0 Å². The molecule has 1 nitrogen and oxygen atoms in total. The molecule has 0 bridgehead atoms. The first-order chi connectivity index (χ1) is 12.8. The van der Waals surface area contributed by atoms with Crippen LogP contribution in [0.5, 0.6) is 0 Å². The standard InChI is InChI=1S/C12H23OSi2.C9H7.2CH3.2ClH.H2Si.Zr/c1-14(2,3)13-10-11-15(4,5)12-8-6-7-9-12;1-2-5-9-7-3-6-8(9)4-1;;;;;;/h8-9H,6,10-11H2,1-5H3;1-7H;2*1H3;2*1H;1H2;. The topological polar surface area (TPSA) is 9.23 Å². The Labute approximate surface area is 201 Å². The van der Waals surface area contributed by atoms with E-state index in [-0.39, 0.29) is 24.8 Å². The van der Waals surface area contributed by atoms with E-state index in [2.05, 4.69) is 97.4 Å². The first-order valence-corrected chi connectivity index (χ1v) is 30.8. The molecule has 0 saturated heterocycles. The molecule has 0 aromatic heterocycles. The van der Waals surface area contributed by atoms with E-state index in [9.17, 15) is 0 Å². The Morgan fingerprint density at radius 1 is 1.07 bits per heavy atom. The minimum absolute atomic E-state index is 0. The zero-order chi connectivity index (χ0) is 20.8. The van der Waals surface area contributed by atoms with Gasteiger partial charge in [-0.3, -0.25) is 0 Å². The van der Waals surface area contributed by atoms with Gasteiger partial charge in [-0.15, -0.1) is 24.8 Å². The van der Waals surface area contributed by atoms with Gasteiger partial charge in [0.2, 0.25) is 0 Å². The van der Waals surface area contributed by atoms with Crippen molar-refractivity contribution < 1.29 is 21.8 Å². The van der Waals surface area contributed by atoms with Crippen molar-refractivity contribution >= 4 is 54.2 Å². The van der Waals surface area contributed by atoms with Gasteiger partial charge in [0.1, 0.15) is 0 Å². The van der Waals surface area contributed by atoms with Gasteiger partial charge in [-0.2, -0.15) is 0 Å². The number of allylic oxidation sites excluding steroid dienone is 5. The first kappa shape index (κ1) is 28.5. The van der Waals surface area contributed by atoms with Crippen LogP contribution in [0.3, 0.4) is 0 Å². The van der Waals surface area contributed by atoms with Crippen LogP contribution >= 0.6 is 24.8 Å². The quantitative estimate of drug-likeness (QED) is 0.310. The van der Waals surface area contributed by atoms with Crippen molar-refractivity contribution in [2.45, 2.75) is 58.1 Å². The van der Waals surface area contributed by atoms with Crippen molar-refractivity contribution in [3.8, 4) is 0 Å². The second-order valence-electron chi connectivity index (χ2n) is 11.4. The minimum atomic E-state index is -3.06. The summed E-state index contributed by atoms with van der Waals surface area (Å²) in [6.07, 6.45) is 11.3. The van der Waals surface area contributed by atoms with Crippen LogP contribution in [-0.4, -0.2) is 29.9 Å². The Balaban J connectivity index is 0.00000225. The molecule has 0 spiro atoms. The Morgan fingerprint density at radius 2 is 1.70 bits per heavy atom. The third kappa shape index (κ3) is 6.09. The summed E-state index contributed by atoms with van der Waals surface area (Å²) in [7, 11) is -2.85. The second-order valence-corrected chi connectivity index (χ2v) is 50.6. The van der Waals surface area contributed by atoms with E-state index < -0.39 is 33.8 Å². The van der Waals surface area contributed by atoms with E-state index in [1.165, 1.54) is 18.0 Å². The summed E-state index contributed by atoms with van der Waals surface area (Å²) >= 11 is -3.06. The Morgan fingerprint density at radius 3 is 2.33 bits per heavy atom. The van der Waals surface area contributed by atoms with Crippen molar-refractivity contribution in [3.05, 3.63) is 62.1 Å². The molecule has 1 atom stereocenters. The molecule has 2 aliphatic rings. The number of rotatable bonds is 7. The van der Waals surface area contributed by atoms with Gasteiger partial charge in [-0.25, -0.2) is 0 Å². The SMILES string of the molecule is C[Si](C)(C)OCC[Si](C)(C)C1=CC[C]([Zr]([CH3])([CH3])(=[SiH2])[CH]2C=Cc3ccccc32)=C1.Cl.Cl. The molecule has 7 heteroatoms. The average molecular weight is 579 g/mol. The fraction of sp³-hybridized carbons (Fsp3) is 0.478. The number of fused-ring (bicyclic) bond motifs is 1. The van der Waals surface area contributed by atoms with E-state index in [0.29, 0.717) is 3.63 Å². The van der Waals surface area contributed by atoms with E-state index in [0.717, 1.165) is 6.61 Å². The average Bonchev–Trinajstić information content (AvgIpc) is 3.21. The van der Waals surface area contributed by atoms with Crippen molar-refractivity contribution in [1.82, 2.24) is 0 Å². The molecular formula is C23H40Cl2OSi3Zr. The largest absolute Gasteiger partial charge is 0.147 e. The van der Waals surface area contributed by atoms with Crippen molar-refractivity contribution in [3.63, 3.8) is 0 Å². The normalized spacial score (nSPS) is 18.9. The molecule has 0 radical (unpaired) electrons. The summed E-state index contributed by atoms with van der Waals surface area (Å²) in [6, 6.07) is 10.3. The molecule has 0 N–H and O–H groups in total. The number of hydrogen-bond donors (Lipinski definition) is 0. The number of hydrogen-bond acceptors (Lipinski definition) is 1. The van der Waals surface area contributed by atoms with E-state index in [4.69, 9.17) is 4.43 Å². The third-order valence-corrected chi connectivity index (χ3v) is 28.7. The van der Waals surface area contributed by atoms with Gasteiger partial charge >= 0.3 is 178 Å². The maximum absolute atomic E-state index is 6.19. The summed E-state index contributed by atoms with van der Waals surface area (Å²) in [5, 5.41) is 1.67. The first-order valence-electron chi connectivity index (χ1n) is 10.7. The molecule has 0 fully saturated rings. The monoisotopic (exact) mass is 576 g/mol. The number of benzene rings is 1. The molecule has 0 saturated carbocycles. The smallest absolute Gasteiger partial charge is 0.147 e. The van der Waals surface area contributed by atoms with E-state index in [1.54, 1.807) is 14.0 Å². The fourth-order valence-corrected chi connectivity index (χ4v) is 20.8. The molecule has 168 valence electrons. The van der Waals surface area contributed by atoms with Gasteiger partial charge in [0.25, 0.3) is 0 Å². The van der Waals surface area contributed by atoms with Gasteiger partial charge in [0.15, 0.2) is 0 Å². The van der Waals surface area contributed by atoms with Crippen LogP contribution in [0.2, 0.25) is 48.0 Å². The van der Waals surface area contributed by atoms with Gasteiger partial charge in [0, 0.05) is 0 Å². The molecule has 3 rings (SSSR count). The zero-order valence-corrected chi connectivity index (χ0v) is 27.3. The summed E-state index contributed by atoms with van der Waals surface area (Å²) in [5.41, 5.74) is 3.01. The van der Waals surface area contributed by atoms with Crippen LogP contribution in [0.4, 0.5) is 0 Å². The second kappa shape index (κ2) is 9.79. The van der Waals surface area contributed by atoms with Gasteiger partial charge < -0.3 is 0 Å². The van der Waals surface area contributed by atoms with E-state index >= 15 is 0 Å². The summed E-state index contributed by atoms with van der Waals surface area (Å²) in [4.78, 5) is 0. The molecule has 0 aliphatic heterocycles. The van der Waals surface area contributed by atoms with Crippen molar-refractivity contribution in [2.75, 3.05) is 6.61 Å². The zero-order valence-electron chi connectivity index (χ0n) is 19.7. The molecule has 0 heterocycles.